The number of hydrogen-bond donors (Lipinski definition) is 4. The van der Waals surface area contributed by atoms with E-state index in [0.29, 0.717) is 5.69 Å². The van der Waals surface area contributed by atoms with Crippen LogP contribution in [0.2, 0.25) is 0 Å². The number of hydrogen-bond acceptors (Lipinski definition) is 3. The molecule has 1 rings (SSSR count). The molecular formula is C11H15F3N4O3. The van der Waals surface area contributed by atoms with E-state index < -0.39 is 30.6 Å². The molecule has 0 radical (unpaired) electrons. The highest BCUT2D eigenvalue weighted by Gasteiger charge is 2.26. The summed E-state index contributed by atoms with van der Waals surface area (Å²) in [4.78, 5) is 28.8. The SMILES string of the molecule is O=C(NCCCC(F)(F)F)NC(Cc1cnc[nH]1)C(=O)O. The summed E-state index contributed by atoms with van der Waals surface area (Å²) in [5.41, 5.74) is 0.514. The van der Waals surface area contributed by atoms with Gasteiger partial charge in [-0.2, -0.15) is 13.2 Å². The van der Waals surface area contributed by atoms with Crippen LogP contribution in [0.25, 0.3) is 0 Å². The number of carbonyl (C=O) groups excluding carboxylic acids is 1. The first-order valence-corrected chi connectivity index (χ1v) is 6.09. The fourth-order valence-electron chi connectivity index (χ4n) is 1.52. The van der Waals surface area contributed by atoms with Crippen LogP contribution in [0, 0.1) is 0 Å². The number of halogens is 3. The largest absolute Gasteiger partial charge is 0.480 e. The number of carboxylic acids is 1. The Labute approximate surface area is 117 Å². The Morgan fingerprint density at radius 1 is 1.43 bits per heavy atom. The van der Waals surface area contributed by atoms with Gasteiger partial charge in [0.2, 0.25) is 0 Å². The zero-order chi connectivity index (χ0) is 15.9. The number of aliphatic carboxylic acids is 1. The minimum absolute atomic E-state index is 0.00863. The number of aromatic nitrogens is 2. The Balaban J connectivity index is 2.34. The van der Waals surface area contributed by atoms with Gasteiger partial charge in [0.1, 0.15) is 6.04 Å². The number of aromatic amines is 1. The summed E-state index contributed by atoms with van der Waals surface area (Å²) in [6.07, 6.45) is -2.78. The second-order valence-corrected chi connectivity index (χ2v) is 4.29. The van der Waals surface area contributed by atoms with Crippen molar-refractivity contribution >= 4 is 12.0 Å². The first-order valence-electron chi connectivity index (χ1n) is 6.09. The molecule has 118 valence electrons. The van der Waals surface area contributed by atoms with Crippen molar-refractivity contribution in [1.29, 1.82) is 0 Å². The van der Waals surface area contributed by atoms with Crippen LogP contribution in [0.1, 0.15) is 18.5 Å². The highest BCUT2D eigenvalue weighted by molar-refractivity contribution is 5.82. The second-order valence-electron chi connectivity index (χ2n) is 4.29. The van der Waals surface area contributed by atoms with Crippen LogP contribution in [0.5, 0.6) is 0 Å². The van der Waals surface area contributed by atoms with E-state index in [4.69, 9.17) is 5.11 Å². The molecule has 4 N–H and O–H groups in total. The lowest BCUT2D eigenvalue weighted by Gasteiger charge is -2.14. The molecule has 1 heterocycles. The Morgan fingerprint density at radius 3 is 2.67 bits per heavy atom. The maximum Gasteiger partial charge on any atom is 0.389 e. The molecule has 21 heavy (non-hydrogen) atoms. The molecule has 0 aromatic carbocycles. The van der Waals surface area contributed by atoms with E-state index in [1.54, 1.807) is 0 Å². The maximum absolute atomic E-state index is 11.9. The summed E-state index contributed by atoms with van der Waals surface area (Å²) < 4.78 is 35.7. The number of imidazole rings is 1. The van der Waals surface area contributed by atoms with Gasteiger partial charge < -0.3 is 20.7 Å². The van der Waals surface area contributed by atoms with Crippen molar-refractivity contribution in [3.05, 3.63) is 18.2 Å². The lowest BCUT2D eigenvalue weighted by atomic mass is 10.2. The second kappa shape index (κ2) is 7.50. The molecule has 0 aliphatic carbocycles. The summed E-state index contributed by atoms with van der Waals surface area (Å²) in [5, 5.41) is 13.3. The molecular weight excluding hydrogens is 293 g/mol. The number of H-pyrrole nitrogens is 1. The highest BCUT2D eigenvalue weighted by atomic mass is 19.4. The Morgan fingerprint density at radius 2 is 2.14 bits per heavy atom. The minimum atomic E-state index is -4.28. The fraction of sp³-hybridized carbons (Fsp3) is 0.545. The van der Waals surface area contributed by atoms with Crippen molar-refractivity contribution in [3.8, 4) is 0 Å². The summed E-state index contributed by atoms with van der Waals surface area (Å²) in [6.45, 7) is -0.193. The van der Waals surface area contributed by atoms with Crippen molar-refractivity contribution in [2.24, 2.45) is 0 Å². The number of urea groups is 1. The number of alkyl halides is 3. The van der Waals surface area contributed by atoms with Crippen LogP contribution < -0.4 is 10.6 Å². The van der Waals surface area contributed by atoms with Gasteiger partial charge in [-0.1, -0.05) is 0 Å². The van der Waals surface area contributed by atoms with Crippen LogP contribution in [-0.4, -0.2) is 45.8 Å². The van der Waals surface area contributed by atoms with Crippen molar-refractivity contribution in [2.45, 2.75) is 31.5 Å². The first-order chi connectivity index (χ1) is 9.78. The third-order valence-electron chi connectivity index (χ3n) is 2.50. The van der Waals surface area contributed by atoms with Gasteiger partial charge in [0.15, 0.2) is 0 Å². The molecule has 2 amide bonds. The minimum Gasteiger partial charge on any atom is -0.480 e. The third kappa shape index (κ3) is 7.18. The Bertz CT molecular complexity index is 462. The number of rotatable bonds is 7. The van der Waals surface area contributed by atoms with Gasteiger partial charge >= 0.3 is 18.2 Å². The number of amides is 2. The van der Waals surface area contributed by atoms with Crippen LogP contribution in [0.4, 0.5) is 18.0 Å². The van der Waals surface area contributed by atoms with Crippen LogP contribution in [0.3, 0.4) is 0 Å². The van der Waals surface area contributed by atoms with E-state index in [9.17, 15) is 22.8 Å². The topological polar surface area (TPSA) is 107 Å². The normalized spacial score (nSPS) is 12.7. The molecule has 0 saturated heterocycles. The lowest BCUT2D eigenvalue weighted by Crippen LogP contribution is -2.47. The summed E-state index contributed by atoms with van der Waals surface area (Å²) >= 11 is 0. The van der Waals surface area contributed by atoms with Gasteiger partial charge in [-0.15, -0.1) is 0 Å². The van der Waals surface area contributed by atoms with Crippen LogP contribution in [0.15, 0.2) is 12.5 Å². The summed E-state index contributed by atoms with van der Waals surface area (Å²) in [6, 6.07) is -2.03. The van der Waals surface area contributed by atoms with Gasteiger partial charge in [-0.3, -0.25) is 0 Å². The smallest absolute Gasteiger partial charge is 0.389 e. The number of carbonyl (C=O) groups is 2. The zero-order valence-electron chi connectivity index (χ0n) is 10.9. The van der Waals surface area contributed by atoms with Crippen LogP contribution in [-0.2, 0) is 11.2 Å². The van der Waals surface area contributed by atoms with Gasteiger partial charge in [-0.05, 0) is 6.42 Å². The summed E-state index contributed by atoms with van der Waals surface area (Å²) in [5.74, 6) is -1.25. The van der Waals surface area contributed by atoms with Crippen molar-refractivity contribution in [3.63, 3.8) is 0 Å². The molecule has 0 bridgehead atoms. The van der Waals surface area contributed by atoms with E-state index in [2.05, 4.69) is 20.6 Å². The predicted molar refractivity (Wildman–Crippen MR) is 65.5 cm³/mol. The first kappa shape index (κ1) is 16.8. The monoisotopic (exact) mass is 308 g/mol. The van der Waals surface area contributed by atoms with Crippen molar-refractivity contribution in [2.75, 3.05) is 6.54 Å². The van der Waals surface area contributed by atoms with Gasteiger partial charge in [0.05, 0.1) is 6.33 Å². The summed E-state index contributed by atoms with van der Waals surface area (Å²) in [7, 11) is 0. The van der Waals surface area contributed by atoms with Gasteiger partial charge in [-0.25, -0.2) is 14.6 Å². The lowest BCUT2D eigenvalue weighted by molar-refractivity contribution is -0.139. The number of nitrogens with zero attached hydrogens (tertiary/aromatic N) is 1. The van der Waals surface area contributed by atoms with Crippen molar-refractivity contribution in [1.82, 2.24) is 20.6 Å². The van der Waals surface area contributed by atoms with Gasteiger partial charge in [0.25, 0.3) is 0 Å². The molecule has 0 spiro atoms. The standard InChI is InChI=1S/C11H15F3N4O3/c12-11(13,14)2-1-3-16-10(21)18-8(9(19)20)4-7-5-15-6-17-7/h5-6,8H,1-4H2,(H,15,17)(H,19,20)(H2,16,18,21). The van der Waals surface area contributed by atoms with E-state index >= 15 is 0 Å². The fourth-order valence-corrected chi connectivity index (χ4v) is 1.52. The van der Waals surface area contributed by atoms with E-state index in [1.807, 2.05) is 0 Å². The molecule has 1 aromatic rings. The highest BCUT2D eigenvalue weighted by Crippen LogP contribution is 2.20. The predicted octanol–water partition coefficient (Wildman–Crippen LogP) is 1.05. The van der Waals surface area contributed by atoms with Crippen LogP contribution >= 0.6 is 0 Å². The molecule has 0 saturated carbocycles. The van der Waals surface area contributed by atoms with E-state index in [-0.39, 0.29) is 19.4 Å². The number of nitrogens with one attached hydrogen (secondary N) is 3. The van der Waals surface area contributed by atoms with E-state index in [1.165, 1.54) is 12.5 Å². The van der Waals surface area contributed by atoms with E-state index in [0.717, 1.165) is 0 Å². The molecule has 0 aliphatic rings. The average Bonchev–Trinajstić information content (AvgIpc) is 2.85. The zero-order valence-corrected chi connectivity index (χ0v) is 10.9. The van der Waals surface area contributed by atoms with Gasteiger partial charge in [0, 0.05) is 31.3 Å². The third-order valence-corrected chi connectivity index (χ3v) is 2.50. The average molecular weight is 308 g/mol. The molecule has 10 heteroatoms. The molecule has 0 fully saturated rings. The quantitative estimate of drug-likeness (QED) is 0.565. The maximum atomic E-state index is 11.9. The Kier molecular flexibility index (Phi) is 6.00. The molecule has 7 nitrogen and oxygen atoms in total. The molecule has 1 unspecified atom stereocenters. The molecule has 1 aromatic heterocycles. The Hall–Kier alpha value is -2.26. The molecule has 0 aliphatic heterocycles. The van der Waals surface area contributed by atoms with Crippen molar-refractivity contribution < 1.29 is 27.9 Å². The molecule has 1 atom stereocenters. The number of carboxylic acid groups (broad SMARTS) is 1.